The summed E-state index contributed by atoms with van der Waals surface area (Å²) in [7, 11) is 1.86. The van der Waals surface area contributed by atoms with E-state index in [1.807, 2.05) is 42.8 Å². The molecule has 1 aromatic carbocycles. The van der Waals surface area contributed by atoms with E-state index in [0.29, 0.717) is 10.0 Å². The molecule has 3 amide bonds. The van der Waals surface area contributed by atoms with Gasteiger partial charge in [-0.1, -0.05) is 37.0 Å². The number of halogens is 2. The number of rotatable bonds is 4. The average Bonchev–Trinajstić information content (AvgIpc) is 2.72. The van der Waals surface area contributed by atoms with Crippen LogP contribution in [0.15, 0.2) is 18.2 Å². The maximum Gasteiger partial charge on any atom is 0.317 e. The van der Waals surface area contributed by atoms with E-state index in [1.54, 1.807) is 6.07 Å². The van der Waals surface area contributed by atoms with E-state index in [4.69, 9.17) is 23.2 Å². The Labute approximate surface area is 189 Å². The minimum absolute atomic E-state index is 0.0205. The van der Waals surface area contributed by atoms with Gasteiger partial charge in [-0.25, -0.2) is 4.79 Å². The third-order valence-electron chi connectivity index (χ3n) is 6.17. The molecule has 8 heteroatoms. The number of amides is 3. The smallest absolute Gasteiger partial charge is 0.317 e. The summed E-state index contributed by atoms with van der Waals surface area (Å²) in [4.78, 5) is 30.9. The van der Waals surface area contributed by atoms with Crippen LogP contribution in [0.1, 0.15) is 39.5 Å². The topological polar surface area (TPSA) is 55.9 Å². The quantitative estimate of drug-likeness (QED) is 0.739. The summed E-state index contributed by atoms with van der Waals surface area (Å²) < 4.78 is 0. The fourth-order valence-electron chi connectivity index (χ4n) is 4.28. The molecule has 30 heavy (non-hydrogen) atoms. The van der Waals surface area contributed by atoms with Gasteiger partial charge in [0.25, 0.3) is 0 Å². The number of nitrogens with one attached hydrogen (secondary N) is 1. The molecule has 0 saturated carbocycles. The summed E-state index contributed by atoms with van der Waals surface area (Å²) in [5.74, 6) is 0.227. The van der Waals surface area contributed by atoms with Gasteiger partial charge in [-0.3, -0.25) is 4.79 Å². The largest absolute Gasteiger partial charge is 0.371 e. The zero-order chi connectivity index (χ0) is 21.8. The van der Waals surface area contributed by atoms with Crippen molar-refractivity contribution < 1.29 is 9.59 Å². The Hall–Kier alpha value is -1.66. The van der Waals surface area contributed by atoms with Gasteiger partial charge in [0.2, 0.25) is 5.91 Å². The van der Waals surface area contributed by atoms with Crippen LogP contribution in [0.2, 0.25) is 10.0 Å². The molecule has 2 fully saturated rings. The van der Waals surface area contributed by atoms with Crippen molar-refractivity contribution in [2.45, 2.75) is 51.6 Å². The van der Waals surface area contributed by atoms with Crippen molar-refractivity contribution in [3.05, 3.63) is 28.2 Å². The maximum absolute atomic E-state index is 12.8. The fraction of sp³-hybridized carbons (Fsp3) is 0.636. The first-order valence-electron chi connectivity index (χ1n) is 10.8. The summed E-state index contributed by atoms with van der Waals surface area (Å²) in [5, 5.41) is 4.46. The molecule has 2 saturated heterocycles. The molecule has 1 aromatic rings. The van der Waals surface area contributed by atoms with Crippen LogP contribution < -0.4 is 10.2 Å². The number of piperidine rings is 2. The number of carbonyl (C=O) groups excluding carboxylic acids is 2. The molecular weight excluding hydrogens is 423 g/mol. The second-order valence-electron chi connectivity index (χ2n) is 8.66. The van der Waals surface area contributed by atoms with E-state index in [0.717, 1.165) is 57.5 Å². The predicted molar refractivity (Wildman–Crippen MR) is 122 cm³/mol. The highest BCUT2D eigenvalue weighted by molar-refractivity contribution is 6.35. The van der Waals surface area contributed by atoms with Gasteiger partial charge in [0.05, 0.1) is 0 Å². The summed E-state index contributed by atoms with van der Waals surface area (Å²) in [6.45, 7) is 7.00. The number of hydrogen-bond donors (Lipinski definition) is 1. The van der Waals surface area contributed by atoms with E-state index >= 15 is 0 Å². The number of carbonyl (C=O) groups is 2. The van der Waals surface area contributed by atoms with Gasteiger partial charge in [0.15, 0.2) is 0 Å². The Kier molecular flexibility index (Phi) is 7.75. The lowest BCUT2D eigenvalue weighted by Crippen LogP contribution is -2.53. The lowest BCUT2D eigenvalue weighted by molar-refractivity contribution is -0.135. The van der Waals surface area contributed by atoms with Gasteiger partial charge in [0.1, 0.15) is 0 Å². The minimum atomic E-state index is -0.0205. The lowest BCUT2D eigenvalue weighted by Gasteiger charge is -2.39. The van der Waals surface area contributed by atoms with Gasteiger partial charge in [-0.2, -0.15) is 0 Å². The average molecular weight is 455 g/mol. The first kappa shape index (κ1) is 23.0. The molecule has 2 aliphatic heterocycles. The zero-order valence-corrected chi connectivity index (χ0v) is 19.5. The molecule has 0 atom stereocenters. The van der Waals surface area contributed by atoms with Gasteiger partial charge in [-0.05, 0) is 43.9 Å². The molecule has 1 N–H and O–H groups in total. The summed E-state index contributed by atoms with van der Waals surface area (Å²) >= 11 is 12.2. The highest BCUT2D eigenvalue weighted by Crippen LogP contribution is 2.27. The molecule has 166 valence electrons. The van der Waals surface area contributed by atoms with Crippen LogP contribution in [0.5, 0.6) is 0 Å². The number of nitrogens with zero attached hydrogens (tertiary/aromatic N) is 3. The normalized spacial score (nSPS) is 18.6. The Morgan fingerprint density at radius 1 is 1.00 bits per heavy atom. The zero-order valence-electron chi connectivity index (χ0n) is 18.0. The SMILES string of the molecule is CC(C)C(=O)N1CCC(N(C)C(=O)NC2CCN(c3cc(Cl)cc(Cl)c3)CC2)CC1. The molecule has 0 bridgehead atoms. The van der Waals surface area contributed by atoms with Crippen molar-refractivity contribution in [3.8, 4) is 0 Å². The van der Waals surface area contributed by atoms with Crippen molar-refractivity contribution in [2.75, 3.05) is 38.1 Å². The van der Waals surface area contributed by atoms with E-state index in [9.17, 15) is 9.59 Å². The van der Waals surface area contributed by atoms with Gasteiger partial charge in [-0.15, -0.1) is 0 Å². The standard InChI is InChI=1S/C22H32Cl2N4O2/c1-15(2)21(29)28-10-6-19(7-11-28)26(3)22(30)25-18-4-8-27(9-5-18)20-13-16(23)12-17(24)14-20/h12-15,18-19H,4-11H2,1-3H3,(H,25,30). The second kappa shape index (κ2) is 10.1. The highest BCUT2D eigenvalue weighted by Gasteiger charge is 2.29. The lowest BCUT2D eigenvalue weighted by atomic mass is 10.0. The number of anilines is 1. The summed E-state index contributed by atoms with van der Waals surface area (Å²) in [5.41, 5.74) is 1.03. The minimum Gasteiger partial charge on any atom is -0.371 e. The monoisotopic (exact) mass is 454 g/mol. The van der Waals surface area contributed by atoms with E-state index in [1.165, 1.54) is 0 Å². The molecule has 2 heterocycles. The Bertz CT molecular complexity index is 737. The molecule has 3 rings (SSSR count). The first-order chi connectivity index (χ1) is 14.2. The Morgan fingerprint density at radius 2 is 1.57 bits per heavy atom. The van der Waals surface area contributed by atoms with Crippen molar-refractivity contribution in [1.29, 1.82) is 0 Å². The number of benzene rings is 1. The van der Waals surface area contributed by atoms with Gasteiger partial charge < -0.3 is 20.0 Å². The Morgan fingerprint density at radius 3 is 2.10 bits per heavy atom. The van der Waals surface area contributed by atoms with Crippen LogP contribution in [0, 0.1) is 5.92 Å². The van der Waals surface area contributed by atoms with Gasteiger partial charge >= 0.3 is 6.03 Å². The third-order valence-corrected chi connectivity index (χ3v) is 6.61. The molecule has 0 spiro atoms. The van der Waals surface area contributed by atoms with Crippen LogP contribution in [0.4, 0.5) is 10.5 Å². The number of urea groups is 1. The second-order valence-corrected chi connectivity index (χ2v) is 9.53. The Balaban J connectivity index is 1.45. The molecule has 2 aliphatic rings. The van der Waals surface area contributed by atoms with Crippen molar-refractivity contribution >= 4 is 40.8 Å². The molecule has 0 radical (unpaired) electrons. The predicted octanol–water partition coefficient (Wildman–Crippen LogP) is 4.25. The van der Waals surface area contributed by atoms with Crippen LogP contribution >= 0.6 is 23.2 Å². The van der Waals surface area contributed by atoms with Crippen molar-refractivity contribution in [1.82, 2.24) is 15.1 Å². The van der Waals surface area contributed by atoms with Crippen molar-refractivity contribution in [3.63, 3.8) is 0 Å². The van der Waals surface area contributed by atoms with E-state index in [2.05, 4.69) is 10.2 Å². The number of likely N-dealkylation sites (tertiary alicyclic amines) is 1. The molecule has 0 aromatic heterocycles. The van der Waals surface area contributed by atoms with Crippen molar-refractivity contribution in [2.24, 2.45) is 5.92 Å². The van der Waals surface area contributed by atoms with E-state index < -0.39 is 0 Å². The molecule has 0 unspecified atom stereocenters. The van der Waals surface area contributed by atoms with Crippen LogP contribution in [0.3, 0.4) is 0 Å². The molecular formula is C22H32Cl2N4O2. The fourth-order valence-corrected chi connectivity index (χ4v) is 4.80. The first-order valence-corrected chi connectivity index (χ1v) is 11.5. The van der Waals surface area contributed by atoms with E-state index in [-0.39, 0.29) is 29.9 Å². The molecule has 0 aliphatic carbocycles. The number of hydrogen-bond acceptors (Lipinski definition) is 3. The van der Waals surface area contributed by atoms with Crippen LogP contribution in [0.25, 0.3) is 0 Å². The highest BCUT2D eigenvalue weighted by atomic mass is 35.5. The maximum atomic E-state index is 12.8. The van der Waals surface area contributed by atoms with Crippen LogP contribution in [-0.4, -0.2) is 67.0 Å². The summed E-state index contributed by atoms with van der Waals surface area (Å²) in [6.07, 6.45) is 3.42. The third kappa shape index (κ3) is 5.73. The van der Waals surface area contributed by atoms with Gasteiger partial charge in [0, 0.05) is 67.0 Å². The van der Waals surface area contributed by atoms with Crippen LogP contribution in [-0.2, 0) is 4.79 Å². The molecule has 6 nitrogen and oxygen atoms in total. The summed E-state index contributed by atoms with van der Waals surface area (Å²) in [6, 6.07) is 5.90.